The van der Waals surface area contributed by atoms with Crippen LogP contribution in [0.25, 0.3) is 0 Å². The summed E-state index contributed by atoms with van der Waals surface area (Å²) in [4.78, 5) is 15.6. The van der Waals surface area contributed by atoms with Crippen molar-refractivity contribution >= 4 is 11.6 Å². The van der Waals surface area contributed by atoms with Crippen LogP contribution >= 0.6 is 0 Å². The molecule has 1 unspecified atom stereocenters. The van der Waals surface area contributed by atoms with Gasteiger partial charge in [0.05, 0.1) is 11.9 Å². The van der Waals surface area contributed by atoms with E-state index in [4.69, 9.17) is 5.73 Å². The number of nitrogen functional groups attached to an aromatic ring is 1. The number of aromatic nitrogens is 1. The highest BCUT2D eigenvalue weighted by atomic mass is 16.1. The molecule has 15 heavy (non-hydrogen) atoms. The van der Waals surface area contributed by atoms with Gasteiger partial charge in [0, 0.05) is 24.6 Å². The summed E-state index contributed by atoms with van der Waals surface area (Å²) in [5, 5.41) is 2.82. The molecule has 0 saturated carbocycles. The van der Waals surface area contributed by atoms with Crippen LogP contribution in [0.5, 0.6) is 0 Å². The van der Waals surface area contributed by atoms with Crippen LogP contribution < -0.4 is 11.1 Å². The van der Waals surface area contributed by atoms with Gasteiger partial charge in [0.15, 0.2) is 0 Å². The molecule has 3 N–H and O–H groups in total. The zero-order valence-electron chi connectivity index (χ0n) is 8.79. The van der Waals surface area contributed by atoms with Gasteiger partial charge in [-0.25, -0.2) is 0 Å². The minimum atomic E-state index is 0.115. The van der Waals surface area contributed by atoms with Crippen LogP contribution in [0.15, 0.2) is 12.3 Å². The normalized spacial score (nSPS) is 21.1. The highest BCUT2D eigenvalue weighted by Crippen LogP contribution is 2.27. The van der Waals surface area contributed by atoms with E-state index in [1.807, 2.05) is 13.0 Å². The molecule has 1 aromatic rings. The number of anilines is 1. The van der Waals surface area contributed by atoms with Gasteiger partial charge in [-0.1, -0.05) is 0 Å². The van der Waals surface area contributed by atoms with E-state index in [1.165, 1.54) is 0 Å². The molecule has 80 valence electrons. The van der Waals surface area contributed by atoms with Gasteiger partial charge in [0.2, 0.25) is 5.91 Å². The summed E-state index contributed by atoms with van der Waals surface area (Å²) in [5.74, 6) is 0.364. The predicted octanol–water partition coefficient (Wildman–Crippen LogP) is 0.966. The molecule has 0 aromatic carbocycles. The van der Waals surface area contributed by atoms with E-state index >= 15 is 0 Å². The Hall–Kier alpha value is -1.58. The van der Waals surface area contributed by atoms with Crippen molar-refractivity contribution in [3.05, 3.63) is 23.5 Å². The first-order valence-corrected chi connectivity index (χ1v) is 5.15. The zero-order valence-corrected chi connectivity index (χ0v) is 8.79. The van der Waals surface area contributed by atoms with Gasteiger partial charge in [-0.3, -0.25) is 9.78 Å². The number of amides is 1. The van der Waals surface area contributed by atoms with Gasteiger partial charge in [-0.2, -0.15) is 0 Å². The standard InChI is InChI=1S/C11H15N3O/c1-7-4-9(12)6-14-11(7)8-2-3-13-10(15)5-8/h4,6,8H,2-3,5,12H2,1H3,(H,13,15). The van der Waals surface area contributed by atoms with E-state index in [2.05, 4.69) is 10.3 Å². The Balaban J connectivity index is 2.24. The fourth-order valence-corrected chi connectivity index (χ4v) is 2.05. The van der Waals surface area contributed by atoms with Crippen LogP contribution in [0.4, 0.5) is 5.69 Å². The topological polar surface area (TPSA) is 68.0 Å². The lowest BCUT2D eigenvalue weighted by Crippen LogP contribution is -2.33. The van der Waals surface area contributed by atoms with Crippen LogP contribution in [-0.4, -0.2) is 17.4 Å². The zero-order chi connectivity index (χ0) is 10.8. The number of hydrogen-bond acceptors (Lipinski definition) is 3. The molecule has 0 radical (unpaired) electrons. The summed E-state index contributed by atoms with van der Waals surface area (Å²) in [6.07, 6.45) is 3.16. The quantitative estimate of drug-likeness (QED) is 0.717. The molecular weight excluding hydrogens is 190 g/mol. The second kappa shape index (κ2) is 3.88. The number of pyridine rings is 1. The predicted molar refractivity (Wildman–Crippen MR) is 58.4 cm³/mol. The molecule has 2 rings (SSSR count). The number of aryl methyl sites for hydroxylation is 1. The lowest BCUT2D eigenvalue weighted by Gasteiger charge is -2.22. The molecule has 2 heterocycles. The maximum atomic E-state index is 11.3. The smallest absolute Gasteiger partial charge is 0.220 e. The van der Waals surface area contributed by atoms with Crippen molar-refractivity contribution in [2.24, 2.45) is 0 Å². The van der Waals surface area contributed by atoms with Crippen molar-refractivity contribution in [1.82, 2.24) is 10.3 Å². The molecule has 0 bridgehead atoms. The Labute approximate surface area is 88.9 Å². The molecule has 1 fully saturated rings. The van der Waals surface area contributed by atoms with Crippen LogP contribution in [-0.2, 0) is 4.79 Å². The molecule has 1 saturated heterocycles. The van der Waals surface area contributed by atoms with Crippen LogP contribution in [0.2, 0.25) is 0 Å². The van der Waals surface area contributed by atoms with Crippen molar-refractivity contribution < 1.29 is 4.79 Å². The van der Waals surface area contributed by atoms with E-state index < -0.39 is 0 Å². The summed E-state index contributed by atoms with van der Waals surface area (Å²) < 4.78 is 0. The second-order valence-electron chi connectivity index (χ2n) is 4.01. The molecule has 1 aliphatic heterocycles. The second-order valence-corrected chi connectivity index (χ2v) is 4.01. The number of nitrogens with zero attached hydrogens (tertiary/aromatic N) is 1. The Bertz CT molecular complexity index is 389. The van der Waals surface area contributed by atoms with Crippen LogP contribution in [0, 0.1) is 6.92 Å². The Morgan fingerprint density at radius 3 is 3.07 bits per heavy atom. The van der Waals surface area contributed by atoms with E-state index in [-0.39, 0.29) is 11.8 Å². The summed E-state index contributed by atoms with van der Waals surface area (Å²) >= 11 is 0. The first-order valence-electron chi connectivity index (χ1n) is 5.15. The van der Waals surface area contributed by atoms with Crippen LogP contribution in [0.3, 0.4) is 0 Å². The summed E-state index contributed by atoms with van der Waals surface area (Å²) in [5.41, 5.74) is 8.41. The third-order valence-electron chi connectivity index (χ3n) is 2.77. The molecule has 0 aliphatic carbocycles. The van der Waals surface area contributed by atoms with Gasteiger partial charge in [0.1, 0.15) is 0 Å². The first kappa shape index (κ1) is 9.96. The van der Waals surface area contributed by atoms with Crippen LogP contribution in [0.1, 0.15) is 30.0 Å². The Morgan fingerprint density at radius 1 is 1.60 bits per heavy atom. The number of hydrogen-bond donors (Lipinski definition) is 2. The largest absolute Gasteiger partial charge is 0.397 e. The van der Waals surface area contributed by atoms with Gasteiger partial charge in [0.25, 0.3) is 0 Å². The fraction of sp³-hybridized carbons (Fsp3) is 0.455. The van der Waals surface area contributed by atoms with Crippen molar-refractivity contribution in [3.8, 4) is 0 Å². The Morgan fingerprint density at radius 2 is 2.40 bits per heavy atom. The average Bonchev–Trinajstić information content (AvgIpc) is 2.17. The highest BCUT2D eigenvalue weighted by Gasteiger charge is 2.22. The summed E-state index contributed by atoms with van der Waals surface area (Å²) in [6, 6.07) is 1.91. The van der Waals surface area contributed by atoms with Crippen molar-refractivity contribution in [2.75, 3.05) is 12.3 Å². The third-order valence-corrected chi connectivity index (χ3v) is 2.77. The number of nitrogens with one attached hydrogen (secondary N) is 1. The van der Waals surface area contributed by atoms with Gasteiger partial charge in [-0.15, -0.1) is 0 Å². The molecular formula is C11H15N3O. The minimum Gasteiger partial charge on any atom is -0.397 e. The molecule has 1 aromatic heterocycles. The average molecular weight is 205 g/mol. The van der Waals surface area contributed by atoms with E-state index in [0.717, 1.165) is 24.2 Å². The molecule has 0 spiro atoms. The number of piperidine rings is 1. The van der Waals surface area contributed by atoms with Gasteiger partial charge < -0.3 is 11.1 Å². The lowest BCUT2D eigenvalue weighted by molar-refractivity contribution is -0.122. The number of carbonyl (C=O) groups excluding carboxylic acids is 1. The molecule has 1 atom stereocenters. The minimum absolute atomic E-state index is 0.115. The van der Waals surface area contributed by atoms with Crippen molar-refractivity contribution in [1.29, 1.82) is 0 Å². The van der Waals surface area contributed by atoms with Crippen molar-refractivity contribution in [3.63, 3.8) is 0 Å². The first-order chi connectivity index (χ1) is 7.16. The lowest BCUT2D eigenvalue weighted by atomic mass is 9.91. The SMILES string of the molecule is Cc1cc(N)cnc1C1CCNC(=O)C1. The molecule has 4 nitrogen and oxygen atoms in total. The maximum absolute atomic E-state index is 11.3. The number of rotatable bonds is 1. The number of nitrogens with two attached hydrogens (primary N) is 1. The monoisotopic (exact) mass is 205 g/mol. The van der Waals surface area contributed by atoms with E-state index in [1.54, 1.807) is 6.20 Å². The molecule has 1 aliphatic rings. The highest BCUT2D eigenvalue weighted by molar-refractivity contribution is 5.77. The fourth-order valence-electron chi connectivity index (χ4n) is 2.05. The van der Waals surface area contributed by atoms with Crippen molar-refractivity contribution in [2.45, 2.75) is 25.7 Å². The van der Waals surface area contributed by atoms with Gasteiger partial charge >= 0.3 is 0 Å². The van der Waals surface area contributed by atoms with E-state index in [9.17, 15) is 4.79 Å². The number of carbonyl (C=O) groups is 1. The maximum Gasteiger partial charge on any atom is 0.220 e. The summed E-state index contributed by atoms with van der Waals surface area (Å²) in [7, 11) is 0. The Kier molecular flexibility index (Phi) is 2.58. The summed E-state index contributed by atoms with van der Waals surface area (Å²) in [6.45, 7) is 2.74. The molecule has 1 amide bonds. The van der Waals surface area contributed by atoms with E-state index in [0.29, 0.717) is 12.1 Å². The molecule has 4 heteroatoms. The van der Waals surface area contributed by atoms with Gasteiger partial charge in [-0.05, 0) is 25.0 Å². The third kappa shape index (κ3) is 2.09.